The number of aromatic nitrogens is 5. The number of benzene rings is 1. The molecule has 10 nitrogen and oxygen atoms in total. The molecule has 0 spiro atoms. The van der Waals surface area contributed by atoms with Crippen LogP contribution in [-0.4, -0.2) is 81.9 Å². The number of rotatable bonds is 9. The lowest BCUT2D eigenvalue weighted by molar-refractivity contribution is 0.00336. The first-order chi connectivity index (χ1) is 19.7. The van der Waals surface area contributed by atoms with E-state index in [0.717, 1.165) is 22.9 Å². The number of ether oxygens (including phenoxy) is 4. The number of pyridine rings is 1. The molecule has 3 aromatic heterocycles. The topological polar surface area (TPSA) is 114 Å². The highest BCUT2D eigenvalue weighted by Gasteiger charge is 2.49. The number of imidazole rings is 1. The fourth-order valence-electron chi connectivity index (χ4n) is 4.89. The van der Waals surface area contributed by atoms with Crippen molar-refractivity contribution in [3.05, 3.63) is 52.4 Å². The fraction of sp³-hybridized carbons (Fsp3) is 0.429. The van der Waals surface area contributed by atoms with Crippen LogP contribution in [0.25, 0.3) is 33.7 Å². The molecule has 216 valence electrons. The zero-order valence-corrected chi connectivity index (χ0v) is 26.3. The summed E-state index contributed by atoms with van der Waals surface area (Å²) in [5, 5.41) is 10.6. The summed E-state index contributed by atoms with van der Waals surface area (Å²) >= 11 is 10.1. The average Bonchev–Trinajstić information content (AvgIpc) is 3.61. The summed E-state index contributed by atoms with van der Waals surface area (Å²) in [6.45, 7) is 8.30. The molecule has 0 saturated carbocycles. The van der Waals surface area contributed by atoms with Gasteiger partial charge in [0.1, 0.15) is 35.2 Å². The van der Waals surface area contributed by atoms with Crippen LogP contribution in [0.15, 0.2) is 47.3 Å². The van der Waals surface area contributed by atoms with Crippen molar-refractivity contribution in [2.75, 3.05) is 19.8 Å². The normalized spacial score (nSPS) is 22.4. The number of fused-ring (bicyclic) bond motifs is 2. The third kappa shape index (κ3) is 6.19. The molecule has 4 aromatic rings. The largest absolute Gasteiger partial charge is 0.456 e. The lowest BCUT2D eigenvalue weighted by Gasteiger charge is -2.19. The molecule has 6 rings (SSSR count). The van der Waals surface area contributed by atoms with Gasteiger partial charge in [-0.25, -0.2) is 9.97 Å². The minimum atomic E-state index is -1.27. The van der Waals surface area contributed by atoms with Crippen molar-refractivity contribution in [1.29, 1.82) is 0 Å². The summed E-state index contributed by atoms with van der Waals surface area (Å²) in [7, 11) is -1.27. The predicted molar refractivity (Wildman–Crippen MR) is 161 cm³/mol. The first kappa shape index (κ1) is 28.7. The molecular weight excluding hydrogens is 630 g/mol. The molecular formula is C28H31BrClN5O5Si. The van der Waals surface area contributed by atoms with Crippen molar-refractivity contribution in [1.82, 2.24) is 24.5 Å². The average molecular weight is 661 g/mol. The lowest BCUT2D eigenvalue weighted by Crippen LogP contribution is -2.35. The smallest absolute Gasteiger partial charge is 0.301 e. The van der Waals surface area contributed by atoms with Crippen LogP contribution >= 0.6 is 27.5 Å². The molecule has 2 saturated heterocycles. The minimum absolute atomic E-state index is 0.219. The molecule has 13 heteroatoms. The van der Waals surface area contributed by atoms with Crippen molar-refractivity contribution in [3.8, 4) is 28.5 Å². The highest BCUT2D eigenvalue weighted by Crippen LogP contribution is 2.34. The van der Waals surface area contributed by atoms with E-state index in [1.54, 1.807) is 18.5 Å². The van der Waals surface area contributed by atoms with Crippen molar-refractivity contribution in [2.45, 2.75) is 56.8 Å². The van der Waals surface area contributed by atoms with Gasteiger partial charge < -0.3 is 24.1 Å². The molecule has 0 radical (unpaired) electrons. The Bertz CT molecular complexity index is 1530. The van der Waals surface area contributed by atoms with Crippen LogP contribution in [0.5, 0.6) is 6.01 Å². The van der Waals surface area contributed by atoms with E-state index in [2.05, 4.69) is 45.5 Å². The molecule has 1 N–H and O–H groups in total. The molecule has 2 aliphatic rings. The Morgan fingerprint density at radius 3 is 2.54 bits per heavy atom. The van der Waals surface area contributed by atoms with Gasteiger partial charge in [-0.2, -0.15) is 4.98 Å². The van der Waals surface area contributed by atoms with Crippen molar-refractivity contribution >= 4 is 46.8 Å². The molecule has 0 aliphatic carbocycles. The molecule has 0 unspecified atom stereocenters. The minimum Gasteiger partial charge on any atom is -0.456 e. The fourth-order valence-corrected chi connectivity index (χ4v) is 6.10. The maximum Gasteiger partial charge on any atom is 0.301 e. The van der Waals surface area contributed by atoms with E-state index in [-0.39, 0.29) is 19.4 Å². The van der Waals surface area contributed by atoms with Gasteiger partial charge in [0.25, 0.3) is 0 Å². The molecule has 1 aromatic carbocycles. The van der Waals surface area contributed by atoms with Gasteiger partial charge in [0.2, 0.25) is 0 Å². The first-order valence-electron chi connectivity index (χ1n) is 13.5. The lowest BCUT2D eigenvalue weighted by atomic mass is 10.1. The maximum atomic E-state index is 10.1. The summed E-state index contributed by atoms with van der Waals surface area (Å²) in [5.41, 5.74) is 4.35. The molecule has 0 bridgehead atoms. The summed E-state index contributed by atoms with van der Waals surface area (Å²) < 4.78 is 26.5. The molecule has 2 fully saturated rings. The van der Waals surface area contributed by atoms with Gasteiger partial charge in [-0.15, -0.1) is 0 Å². The van der Waals surface area contributed by atoms with E-state index in [1.165, 1.54) is 0 Å². The van der Waals surface area contributed by atoms with Gasteiger partial charge >= 0.3 is 6.01 Å². The second-order valence-electron chi connectivity index (χ2n) is 11.5. The second-order valence-corrected chi connectivity index (χ2v) is 18.3. The Balaban J connectivity index is 1.31. The monoisotopic (exact) mass is 659 g/mol. The third-order valence-electron chi connectivity index (χ3n) is 7.17. The molecule has 41 heavy (non-hydrogen) atoms. The number of hydrogen-bond acceptors (Lipinski definition) is 9. The highest BCUT2D eigenvalue weighted by molar-refractivity contribution is 9.10. The number of hydrogen-bond donors (Lipinski definition) is 1. The number of aliphatic hydroxyl groups is 1. The SMILES string of the molecule is C[Si](C)(C)CCOCn1c(O[C@@H]2CO[C@H]3[C@@H]2OC[C@H]3O)nc2cc(Cl)c(-c3ccc(-c4cnc(Br)cn4)cc3)nc21. The van der Waals surface area contributed by atoms with Crippen LogP contribution in [0.2, 0.25) is 30.7 Å². The third-order valence-corrected chi connectivity index (χ3v) is 9.57. The molecule has 2 aliphatic heterocycles. The van der Waals surface area contributed by atoms with Gasteiger partial charge in [-0.05, 0) is 28.0 Å². The number of nitrogens with zero attached hydrogens (tertiary/aromatic N) is 5. The van der Waals surface area contributed by atoms with Crippen LogP contribution in [0.3, 0.4) is 0 Å². The van der Waals surface area contributed by atoms with E-state index >= 15 is 0 Å². The predicted octanol–water partition coefficient (Wildman–Crippen LogP) is 5.19. The van der Waals surface area contributed by atoms with Crippen molar-refractivity contribution in [3.63, 3.8) is 0 Å². The van der Waals surface area contributed by atoms with E-state index in [0.29, 0.717) is 45.7 Å². The van der Waals surface area contributed by atoms with E-state index in [4.69, 9.17) is 40.5 Å². The van der Waals surface area contributed by atoms with Gasteiger partial charge in [0, 0.05) is 25.8 Å². The van der Waals surface area contributed by atoms with Gasteiger partial charge in [0.15, 0.2) is 11.8 Å². The van der Waals surface area contributed by atoms with Gasteiger partial charge in [-0.3, -0.25) is 9.55 Å². The Hall–Kier alpha value is -2.45. The van der Waals surface area contributed by atoms with Crippen LogP contribution in [0, 0.1) is 0 Å². The van der Waals surface area contributed by atoms with Crippen molar-refractivity contribution < 1.29 is 24.1 Å². The summed E-state index contributed by atoms with van der Waals surface area (Å²) in [4.78, 5) is 18.3. The number of halogens is 2. The Morgan fingerprint density at radius 1 is 1.05 bits per heavy atom. The van der Waals surface area contributed by atoms with Crippen LogP contribution in [0.1, 0.15) is 0 Å². The number of aliphatic hydroxyl groups excluding tert-OH is 1. The second kappa shape index (κ2) is 11.7. The van der Waals surface area contributed by atoms with Crippen LogP contribution < -0.4 is 4.74 Å². The highest BCUT2D eigenvalue weighted by atomic mass is 79.9. The Kier molecular flexibility index (Phi) is 8.16. The standard InChI is InChI=1S/C28H31BrClN5O5Si/c1-41(2,3)9-8-37-15-35-27-19(33-28(35)40-22-14-39-25-21(36)13-38-26(22)25)10-18(30)24(34-27)17-6-4-16(5-7-17)20-11-32-23(29)12-31-20/h4-7,10-12,21-22,25-26,36H,8-9,13-15H2,1-3H3/t21-,22-,25-,26-/m1/s1. The van der Waals surface area contributed by atoms with Crippen LogP contribution in [-0.2, 0) is 20.9 Å². The molecule has 4 atom stereocenters. The maximum absolute atomic E-state index is 10.1. The summed E-state index contributed by atoms with van der Waals surface area (Å²) in [5.74, 6) is 0. The van der Waals surface area contributed by atoms with Gasteiger partial charge in [0.05, 0.1) is 42.0 Å². The van der Waals surface area contributed by atoms with Gasteiger partial charge in [-0.1, -0.05) is 55.5 Å². The quantitative estimate of drug-likeness (QED) is 0.191. The van der Waals surface area contributed by atoms with Crippen LogP contribution in [0.4, 0.5) is 0 Å². The van der Waals surface area contributed by atoms with E-state index in [1.807, 2.05) is 28.8 Å². The van der Waals surface area contributed by atoms with E-state index in [9.17, 15) is 5.11 Å². The van der Waals surface area contributed by atoms with Crippen molar-refractivity contribution in [2.24, 2.45) is 0 Å². The zero-order valence-electron chi connectivity index (χ0n) is 23.0. The summed E-state index contributed by atoms with van der Waals surface area (Å²) in [6, 6.07) is 11.0. The molecule has 0 amide bonds. The van der Waals surface area contributed by atoms with E-state index < -0.39 is 26.4 Å². The first-order valence-corrected chi connectivity index (χ1v) is 18.3. The summed E-state index contributed by atoms with van der Waals surface area (Å²) in [6.07, 6.45) is 1.53. The molecule has 5 heterocycles. The Morgan fingerprint density at radius 2 is 1.80 bits per heavy atom. The Labute approximate surface area is 252 Å². The zero-order chi connectivity index (χ0) is 28.7.